The number of thiophene rings is 1. The molecule has 0 nitrogen and oxygen atoms in total. The minimum Gasteiger partial charge on any atom is -0.130 e. The van der Waals surface area contributed by atoms with Crippen LogP contribution in [0.5, 0.6) is 0 Å². The molecular formula is C11H13Br2ClS. The predicted octanol–water partition coefficient (Wildman–Crippen LogP) is 6.18. The van der Waals surface area contributed by atoms with E-state index in [1.807, 2.05) is 0 Å². The van der Waals surface area contributed by atoms with Crippen molar-refractivity contribution in [1.82, 2.24) is 0 Å². The van der Waals surface area contributed by atoms with E-state index in [0.717, 1.165) is 8.81 Å². The first-order valence-corrected chi connectivity index (χ1v) is 8.02. The first-order valence-electron chi connectivity index (χ1n) is 5.12. The van der Waals surface area contributed by atoms with Crippen LogP contribution in [-0.2, 0) is 0 Å². The second-order valence-corrected chi connectivity index (χ2v) is 8.22. The van der Waals surface area contributed by atoms with Crippen molar-refractivity contribution in [1.29, 1.82) is 0 Å². The molecule has 1 aromatic heterocycles. The van der Waals surface area contributed by atoms with Crippen molar-refractivity contribution in [2.75, 3.05) is 0 Å². The van der Waals surface area contributed by atoms with Crippen LogP contribution in [0.25, 0.3) is 0 Å². The zero-order valence-corrected chi connectivity index (χ0v) is 13.3. The Balaban J connectivity index is 2.23. The maximum absolute atomic E-state index is 6.07. The van der Waals surface area contributed by atoms with Crippen molar-refractivity contribution in [2.24, 2.45) is 5.41 Å². The average Bonchev–Trinajstić information content (AvgIpc) is 2.75. The summed E-state index contributed by atoms with van der Waals surface area (Å²) in [6.07, 6.45) is 5.35. The molecule has 0 saturated heterocycles. The lowest BCUT2D eigenvalue weighted by Crippen LogP contribution is -2.16. The number of hydrogen-bond acceptors (Lipinski definition) is 1. The summed E-state index contributed by atoms with van der Waals surface area (Å²) in [5.74, 6) is 0. The van der Waals surface area contributed by atoms with Gasteiger partial charge in [0, 0.05) is 4.88 Å². The molecule has 0 N–H and O–H groups in total. The number of rotatable bonds is 2. The van der Waals surface area contributed by atoms with Gasteiger partial charge in [-0.25, -0.2) is 0 Å². The van der Waals surface area contributed by atoms with Crippen molar-refractivity contribution in [3.63, 3.8) is 0 Å². The molecule has 2 rings (SSSR count). The quantitative estimate of drug-likeness (QED) is 0.544. The molecule has 1 fully saturated rings. The molecule has 15 heavy (non-hydrogen) atoms. The van der Waals surface area contributed by atoms with Gasteiger partial charge >= 0.3 is 0 Å². The van der Waals surface area contributed by atoms with Crippen LogP contribution < -0.4 is 0 Å². The smallest absolute Gasteiger partial charge is 0.0887 e. The van der Waals surface area contributed by atoms with Crippen molar-refractivity contribution in [2.45, 2.75) is 37.4 Å². The Morgan fingerprint density at radius 2 is 2.07 bits per heavy atom. The van der Waals surface area contributed by atoms with E-state index < -0.39 is 0 Å². The molecule has 1 aliphatic rings. The van der Waals surface area contributed by atoms with E-state index in [2.05, 4.69) is 44.8 Å². The highest BCUT2D eigenvalue weighted by molar-refractivity contribution is 9.11. The highest BCUT2D eigenvalue weighted by Gasteiger charge is 2.37. The second kappa shape index (κ2) is 4.67. The zero-order chi connectivity index (χ0) is 11.1. The monoisotopic (exact) mass is 370 g/mol. The van der Waals surface area contributed by atoms with E-state index in [9.17, 15) is 0 Å². The highest BCUT2D eigenvalue weighted by atomic mass is 79.9. The third kappa shape index (κ3) is 2.46. The van der Waals surface area contributed by atoms with Crippen molar-refractivity contribution in [3.8, 4) is 0 Å². The molecule has 0 aromatic carbocycles. The van der Waals surface area contributed by atoms with Crippen molar-refractivity contribution < 1.29 is 0 Å². The third-order valence-corrected chi connectivity index (χ3v) is 7.71. The minimum absolute atomic E-state index is 0.410. The van der Waals surface area contributed by atoms with Crippen LogP contribution in [0.1, 0.15) is 42.3 Å². The first kappa shape index (κ1) is 12.4. The topological polar surface area (TPSA) is 0 Å². The van der Waals surface area contributed by atoms with Crippen LogP contribution in [0.15, 0.2) is 9.85 Å². The molecule has 0 aliphatic heterocycles. The number of alkyl halides is 1. The fraction of sp³-hybridized carbons (Fsp3) is 0.636. The van der Waals surface area contributed by atoms with Gasteiger partial charge in [0.15, 0.2) is 0 Å². The summed E-state index contributed by atoms with van der Waals surface area (Å²) in [6, 6.07) is 2.08. The van der Waals surface area contributed by atoms with Gasteiger partial charge in [-0.2, -0.15) is 0 Å². The largest absolute Gasteiger partial charge is 0.130 e. The van der Waals surface area contributed by atoms with E-state index in [1.165, 1.54) is 30.6 Å². The van der Waals surface area contributed by atoms with Gasteiger partial charge in [0.1, 0.15) is 0 Å². The molecule has 1 aromatic rings. The van der Waals surface area contributed by atoms with Crippen LogP contribution in [0, 0.1) is 5.41 Å². The first-order chi connectivity index (χ1) is 7.03. The summed E-state index contributed by atoms with van der Waals surface area (Å²) >= 11 is 15.1. The molecule has 1 atom stereocenters. The lowest BCUT2D eigenvalue weighted by molar-refractivity contribution is 0.334. The van der Waals surface area contributed by atoms with Crippen LogP contribution in [0.3, 0.4) is 0 Å². The van der Waals surface area contributed by atoms with Gasteiger partial charge in [-0.15, -0.1) is 11.3 Å². The van der Waals surface area contributed by atoms with E-state index in [1.54, 1.807) is 11.3 Å². The Hall–Kier alpha value is 0.950. The zero-order valence-electron chi connectivity index (χ0n) is 8.53. The third-order valence-electron chi connectivity index (χ3n) is 3.27. The van der Waals surface area contributed by atoms with Gasteiger partial charge in [-0.3, -0.25) is 0 Å². The fourth-order valence-electron chi connectivity index (χ4n) is 2.27. The maximum atomic E-state index is 6.07. The van der Waals surface area contributed by atoms with Gasteiger partial charge in [-0.05, 0) is 40.3 Å². The molecular weight excluding hydrogens is 359 g/mol. The molecule has 0 amide bonds. The molecule has 1 unspecified atom stereocenters. The summed E-state index contributed by atoms with van der Waals surface area (Å²) in [5, 5.41) is 0.834. The van der Waals surface area contributed by atoms with E-state index in [4.69, 9.17) is 11.6 Å². The van der Waals surface area contributed by atoms with Crippen LogP contribution >= 0.6 is 54.8 Å². The SMILES string of the molecule is CC1(C(Br)c2cc(Cl)c(Br)s2)CCCC1. The Labute approximate surface area is 117 Å². The summed E-state index contributed by atoms with van der Waals surface area (Å²) < 4.78 is 1.05. The molecule has 84 valence electrons. The summed E-state index contributed by atoms with van der Waals surface area (Å²) in [4.78, 5) is 1.79. The normalized spacial score (nSPS) is 21.9. The Kier molecular flexibility index (Phi) is 3.87. The maximum Gasteiger partial charge on any atom is 0.0887 e. The lowest BCUT2D eigenvalue weighted by Gasteiger charge is -2.28. The molecule has 4 heteroatoms. The van der Waals surface area contributed by atoms with Crippen LogP contribution in [0.4, 0.5) is 0 Å². The number of halogens is 3. The van der Waals surface area contributed by atoms with Crippen LogP contribution in [-0.4, -0.2) is 0 Å². The van der Waals surface area contributed by atoms with Gasteiger partial charge in [0.2, 0.25) is 0 Å². The summed E-state index contributed by atoms with van der Waals surface area (Å²) in [7, 11) is 0. The highest BCUT2D eigenvalue weighted by Crippen LogP contribution is 2.54. The second-order valence-electron chi connectivity index (χ2n) is 4.49. The minimum atomic E-state index is 0.410. The molecule has 1 saturated carbocycles. The molecule has 1 heterocycles. The Morgan fingerprint density at radius 3 is 2.53 bits per heavy atom. The lowest BCUT2D eigenvalue weighted by atomic mass is 9.84. The van der Waals surface area contributed by atoms with E-state index in [0.29, 0.717) is 10.2 Å². The van der Waals surface area contributed by atoms with Gasteiger partial charge < -0.3 is 0 Å². The Bertz CT molecular complexity index is 336. The van der Waals surface area contributed by atoms with Gasteiger partial charge in [0.25, 0.3) is 0 Å². The summed E-state index contributed by atoms with van der Waals surface area (Å²) in [6.45, 7) is 2.38. The predicted molar refractivity (Wildman–Crippen MR) is 75.3 cm³/mol. The van der Waals surface area contributed by atoms with Crippen molar-refractivity contribution >= 4 is 54.8 Å². The Morgan fingerprint density at radius 1 is 1.47 bits per heavy atom. The van der Waals surface area contributed by atoms with Gasteiger partial charge in [-0.1, -0.05) is 47.3 Å². The molecule has 0 bridgehead atoms. The van der Waals surface area contributed by atoms with Crippen molar-refractivity contribution in [3.05, 3.63) is 19.8 Å². The molecule has 0 radical (unpaired) electrons. The molecule has 1 aliphatic carbocycles. The summed E-state index contributed by atoms with van der Waals surface area (Å²) in [5.41, 5.74) is 0.410. The van der Waals surface area contributed by atoms with E-state index in [-0.39, 0.29) is 0 Å². The molecule has 0 spiro atoms. The van der Waals surface area contributed by atoms with E-state index >= 15 is 0 Å². The fourth-order valence-corrected chi connectivity index (χ4v) is 5.04. The average molecular weight is 373 g/mol. The standard InChI is InChI=1S/C11H13Br2ClS/c1-11(4-2-3-5-11)9(12)8-6-7(14)10(13)15-8/h6,9H,2-5H2,1H3. The number of hydrogen-bond donors (Lipinski definition) is 0. The van der Waals surface area contributed by atoms with Gasteiger partial charge in [0.05, 0.1) is 13.6 Å². The van der Waals surface area contributed by atoms with Crippen LogP contribution in [0.2, 0.25) is 5.02 Å².